The fraction of sp³-hybridized carbons (Fsp3) is 0.154. The number of carboxylic acids is 1. The van der Waals surface area contributed by atoms with Gasteiger partial charge < -0.3 is 10.4 Å². The molecule has 104 valence electrons. The van der Waals surface area contributed by atoms with E-state index in [9.17, 15) is 9.59 Å². The number of benzene rings is 1. The maximum atomic E-state index is 11.2. The maximum Gasteiger partial charge on any atom is 0.355 e. The van der Waals surface area contributed by atoms with Crippen LogP contribution in [0.1, 0.15) is 27.9 Å². The Morgan fingerprint density at radius 2 is 2.00 bits per heavy atom. The molecule has 0 aliphatic heterocycles. The second-order valence-corrected chi connectivity index (χ2v) is 6.41. The fourth-order valence-electron chi connectivity index (χ4n) is 1.63. The van der Waals surface area contributed by atoms with Crippen LogP contribution in [0.5, 0.6) is 0 Å². The lowest BCUT2D eigenvalue weighted by Gasteiger charge is -2.00. The first kappa shape index (κ1) is 14.9. The third kappa shape index (κ3) is 3.76. The number of nitrogens with zero attached hydrogens (tertiary/aromatic N) is 1. The Morgan fingerprint density at radius 1 is 1.35 bits per heavy atom. The van der Waals surface area contributed by atoms with E-state index in [1.54, 1.807) is 0 Å². The van der Waals surface area contributed by atoms with Crippen LogP contribution in [0.2, 0.25) is 0 Å². The Labute approximate surface area is 133 Å². The Bertz CT molecular complexity index is 652. The molecule has 0 spiro atoms. The van der Waals surface area contributed by atoms with Crippen molar-refractivity contribution in [3.63, 3.8) is 0 Å². The molecule has 2 aromatic rings. The van der Waals surface area contributed by atoms with Gasteiger partial charge in [-0.3, -0.25) is 4.79 Å². The zero-order chi connectivity index (χ0) is 14.7. The molecule has 1 heterocycles. The van der Waals surface area contributed by atoms with E-state index in [-0.39, 0.29) is 11.6 Å². The molecule has 2 rings (SSSR count). The molecule has 2 N–H and O–H groups in total. The number of aromatic nitrogens is 1. The average molecular weight is 402 g/mol. The minimum atomic E-state index is -1.08. The Morgan fingerprint density at radius 3 is 2.55 bits per heavy atom. The lowest BCUT2D eigenvalue weighted by Crippen LogP contribution is -2.06. The number of carbonyl (C=O) groups is 2. The van der Waals surface area contributed by atoms with Crippen molar-refractivity contribution in [2.75, 3.05) is 5.32 Å². The van der Waals surface area contributed by atoms with E-state index >= 15 is 0 Å². The molecule has 0 saturated carbocycles. The number of carbonyl (C=O) groups excluding carboxylic acids is 1. The van der Waals surface area contributed by atoms with Crippen LogP contribution < -0.4 is 5.32 Å². The second-order valence-electron chi connectivity index (χ2n) is 4.08. The van der Waals surface area contributed by atoms with E-state index in [1.165, 1.54) is 18.3 Å². The van der Waals surface area contributed by atoms with Crippen molar-refractivity contribution in [1.29, 1.82) is 0 Å². The molecule has 1 amide bonds. The van der Waals surface area contributed by atoms with Gasteiger partial charge in [0.15, 0.2) is 10.8 Å². The van der Waals surface area contributed by atoms with E-state index in [2.05, 4.69) is 32.9 Å². The number of hydrogen-bond acceptors (Lipinski definition) is 4. The highest BCUT2D eigenvalue weighted by Gasteiger charge is 2.18. The third-order valence-corrected chi connectivity index (χ3v) is 4.15. The number of amides is 1. The Hall–Kier alpha value is -1.48. The topological polar surface area (TPSA) is 79.3 Å². The summed E-state index contributed by atoms with van der Waals surface area (Å²) in [6.45, 7) is 1.36. The number of thiazole rings is 1. The SMILES string of the molecule is CC(=O)Nc1nc(C(=O)O)c(Cc2ccc(I)cc2)s1. The number of anilines is 1. The minimum Gasteiger partial charge on any atom is -0.476 e. The van der Waals surface area contributed by atoms with E-state index in [0.29, 0.717) is 16.4 Å². The van der Waals surface area contributed by atoms with Gasteiger partial charge in [-0.2, -0.15) is 0 Å². The number of aromatic carboxylic acids is 1. The van der Waals surface area contributed by atoms with Gasteiger partial charge in [-0.1, -0.05) is 12.1 Å². The smallest absolute Gasteiger partial charge is 0.355 e. The molecule has 0 fully saturated rings. The van der Waals surface area contributed by atoms with Gasteiger partial charge in [-0.25, -0.2) is 9.78 Å². The molecule has 0 unspecified atom stereocenters. The first-order valence-corrected chi connectivity index (χ1v) is 7.60. The van der Waals surface area contributed by atoms with Gasteiger partial charge in [0.25, 0.3) is 0 Å². The molecule has 5 nitrogen and oxygen atoms in total. The van der Waals surface area contributed by atoms with Crippen molar-refractivity contribution in [3.05, 3.63) is 44.0 Å². The predicted octanol–water partition coefficient (Wildman–Crippen LogP) is 3.00. The van der Waals surface area contributed by atoms with Crippen molar-refractivity contribution in [1.82, 2.24) is 4.98 Å². The molecule has 0 atom stereocenters. The van der Waals surface area contributed by atoms with E-state index < -0.39 is 5.97 Å². The minimum absolute atomic E-state index is 0.00250. The third-order valence-electron chi connectivity index (χ3n) is 2.46. The van der Waals surface area contributed by atoms with Crippen molar-refractivity contribution < 1.29 is 14.7 Å². The largest absolute Gasteiger partial charge is 0.476 e. The summed E-state index contributed by atoms with van der Waals surface area (Å²) in [4.78, 5) is 26.8. The van der Waals surface area contributed by atoms with Gasteiger partial charge in [0.05, 0.1) is 0 Å². The summed E-state index contributed by atoms with van der Waals surface area (Å²) in [6, 6.07) is 7.83. The van der Waals surface area contributed by atoms with E-state index in [4.69, 9.17) is 5.11 Å². The molecule has 1 aromatic heterocycles. The number of halogens is 1. The van der Waals surface area contributed by atoms with Crippen LogP contribution >= 0.6 is 33.9 Å². The van der Waals surface area contributed by atoms with Crippen molar-refractivity contribution in [2.45, 2.75) is 13.3 Å². The lowest BCUT2D eigenvalue weighted by molar-refractivity contribution is -0.114. The van der Waals surface area contributed by atoms with Gasteiger partial charge in [-0.05, 0) is 40.3 Å². The monoisotopic (exact) mass is 402 g/mol. The molecule has 20 heavy (non-hydrogen) atoms. The van der Waals surface area contributed by atoms with Gasteiger partial charge >= 0.3 is 5.97 Å². The van der Waals surface area contributed by atoms with Crippen LogP contribution in [0.4, 0.5) is 5.13 Å². The first-order chi connectivity index (χ1) is 9.45. The van der Waals surface area contributed by atoms with Crippen molar-refractivity contribution >= 4 is 50.9 Å². The molecular weight excluding hydrogens is 391 g/mol. The lowest BCUT2D eigenvalue weighted by atomic mass is 10.1. The maximum absolute atomic E-state index is 11.2. The zero-order valence-electron chi connectivity index (χ0n) is 10.5. The summed E-state index contributed by atoms with van der Waals surface area (Å²) in [5.41, 5.74) is 1.00. The Balaban J connectivity index is 2.29. The first-order valence-electron chi connectivity index (χ1n) is 5.70. The van der Waals surface area contributed by atoms with Gasteiger partial charge in [0.1, 0.15) is 0 Å². The quantitative estimate of drug-likeness (QED) is 0.771. The second kappa shape index (κ2) is 6.31. The highest BCUT2D eigenvalue weighted by Crippen LogP contribution is 2.26. The van der Waals surface area contributed by atoms with Crippen LogP contribution in [0.15, 0.2) is 24.3 Å². The number of rotatable bonds is 4. The number of carboxylic acid groups (broad SMARTS) is 1. The van der Waals surface area contributed by atoms with Gasteiger partial charge in [-0.15, -0.1) is 11.3 Å². The molecule has 0 radical (unpaired) electrons. The predicted molar refractivity (Wildman–Crippen MR) is 85.3 cm³/mol. The zero-order valence-corrected chi connectivity index (χ0v) is 13.5. The van der Waals surface area contributed by atoms with Crippen LogP contribution in [0.3, 0.4) is 0 Å². The van der Waals surface area contributed by atoms with E-state index in [1.807, 2.05) is 24.3 Å². The highest BCUT2D eigenvalue weighted by molar-refractivity contribution is 14.1. The van der Waals surface area contributed by atoms with Crippen LogP contribution in [0, 0.1) is 3.57 Å². The summed E-state index contributed by atoms with van der Waals surface area (Å²) in [7, 11) is 0. The molecule has 0 bridgehead atoms. The van der Waals surface area contributed by atoms with Gasteiger partial charge in [0, 0.05) is 21.8 Å². The fourth-order valence-corrected chi connectivity index (χ4v) is 3.02. The van der Waals surface area contributed by atoms with Crippen molar-refractivity contribution in [2.24, 2.45) is 0 Å². The molecule has 0 aliphatic carbocycles. The summed E-state index contributed by atoms with van der Waals surface area (Å²) in [5.74, 6) is -1.35. The summed E-state index contributed by atoms with van der Waals surface area (Å²) in [6.07, 6.45) is 0.482. The molecular formula is C13H11IN2O3S. The molecule has 1 aromatic carbocycles. The number of hydrogen-bond donors (Lipinski definition) is 2. The van der Waals surface area contributed by atoms with Crippen LogP contribution in [-0.4, -0.2) is 22.0 Å². The summed E-state index contributed by atoms with van der Waals surface area (Å²) >= 11 is 3.40. The van der Waals surface area contributed by atoms with Crippen LogP contribution in [0.25, 0.3) is 0 Å². The van der Waals surface area contributed by atoms with Gasteiger partial charge in [0.2, 0.25) is 5.91 Å². The summed E-state index contributed by atoms with van der Waals surface area (Å²) in [5, 5.41) is 12.0. The normalized spacial score (nSPS) is 10.3. The highest BCUT2D eigenvalue weighted by atomic mass is 127. The summed E-state index contributed by atoms with van der Waals surface area (Å²) < 4.78 is 1.12. The van der Waals surface area contributed by atoms with Crippen LogP contribution in [-0.2, 0) is 11.2 Å². The Kier molecular flexibility index (Phi) is 4.71. The molecule has 0 aliphatic rings. The molecule has 0 saturated heterocycles. The van der Waals surface area contributed by atoms with E-state index in [0.717, 1.165) is 9.13 Å². The average Bonchev–Trinajstić information content (AvgIpc) is 2.74. The standard InChI is InChI=1S/C13H11IN2O3S/c1-7(17)15-13-16-11(12(18)19)10(20-13)6-8-2-4-9(14)5-3-8/h2-5H,6H2,1H3,(H,18,19)(H,15,16,17). The van der Waals surface area contributed by atoms with Crippen molar-refractivity contribution in [3.8, 4) is 0 Å². The molecule has 7 heteroatoms. The number of nitrogens with one attached hydrogen (secondary N) is 1.